The molecule has 0 spiro atoms. The minimum atomic E-state index is -0.832. The molecular formula is C10H13FN2O3. The summed E-state index contributed by atoms with van der Waals surface area (Å²) in [6.45, 7) is 0.108. The fraction of sp³-hybridized carbons (Fsp3) is 0.400. The molecule has 1 aromatic heterocycles. The summed E-state index contributed by atoms with van der Waals surface area (Å²) in [6.07, 6.45) is 0.444. The predicted molar refractivity (Wildman–Crippen MR) is 54.4 cm³/mol. The fourth-order valence-corrected chi connectivity index (χ4v) is 1.11. The lowest BCUT2D eigenvalue weighted by Gasteiger charge is -2.10. The van der Waals surface area contributed by atoms with Gasteiger partial charge in [-0.25, -0.2) is 4.98 Å². The first kappa shape index (κ1) is 12.5. The van der Waals surface area contributed by atoms with Gasteiger partial charge in [-0.05, 0) is 12.1 Å². The molecule has 0 aliphatic heterocycles. The zero-order valence-corrected chi connectivity index (χ0v) is 8.81. The third kappa shape index (κ3) is 3.56. The highest BCUT2D eigenvalue weighted by Gasteiger charge is 2.13. The molecule has 1 heterocycles. The molecule has 1 rings (SSSR count). The summed E-state index contributed by atoms with van der Waals surface area (Å²) in [5, 5.41) is 11.6. The van der Waals surface area contributed by atoms with Gasteiger partial charge in [-0.15, -0.1) is 0 Å². The zero-order chi connectivity index (χ0) is 12.0. The summed E-state index contributed by atoms with van der Waals surface area (Å²) >= 11 is 0. The van der Waals surface area contributed by atoms with Gasteiger partial charge in [0, 0.05) is 19.9 Å². The van der Waals surface area contributed by atoms with Crippen LogP contribution in [0.25, 0.3) is 0 Å². The Morgan fingerprint density at radius 3 is 3.12 bits per heavy atom. The Morgan fingerprint density at radius 1 is 1.75 bits per heavy atom. The number of carbonyl (C=O) groups is 1. The van der Waals surface area contributed by atoms with Crippen LogP contribution in [0.5, 0.6) is 0 Å². The molecule has 0 bridgehead atoms. The molecule has 1 aromatic rings. The topological polar surface area (TPSA) is 71.5 Å². The van der Waals surface area contributed by atoms with Crippen molar-refractivity contribution in [2.24, 2.45) is 0 Å². The highest BCUT2D eigenvalue weighted by molar-refractivity contribution is 5.94. The summed E-state index contributed by atoms with van der Waals surface area (Å²) < 4.78 is 17.7. The van der Waals surface area contributed by atoms with E-state index in [1.807, 2.05) is 0 Å². The van der Waals surface area contributed by atoms with E-state index in [0.29, 0.717) is 0 Å². The number of nitrogens with zero attached hydrogens (tertiary/aromatic N) is 1. The number of aliphatic hydroxyl groups is 1. The Kier molecular flexibility index (Phi) is 4.81. The zero-order valence-electron chi connectivity index (χ0n) is 8.81. The lowest BCUT2D eigenvalue weighted by molar-refractivity contribution is 0.0608. The molecule has 0 saturated carbocycles. The fourth-order valence-electron chi connectivity index (χ4n) is 1.11. The normalized spacial score (nSPS) is 12.2. The smallest absolute Gasteiger partial charge is 0.256 e. The van der Waals surface area contributed by atoms with Crippen LogP contribution in [0.1, 0.15) is 10.4 Å². The van der Waals surface area contributed by atoms with Crippen molar-refractivity contribution >= 4 is 5.91 Å². The monoisotopic (exact) mass is 228 g/mol. The van der Waals surface area contributed by atoms with Gasteiger partial charge < -0.3 is 15.2 Å². The number of amides is 1. The van der Waals surface area contributed by atoms with E-state index < -0.39 is 18.0 Å². The van der Waals surface area contributed by atoms with Crippen molar-refractivity contribution in [2.45, 2.75) is 6.10 Å². The van der Waals surface area contributed by atoms with Crippen LogP contribution in [0.2, 0.25) is 0 Å². The van der Waals surface area contributed by atoms with E-state index in [0.717, 1.165) is 0 Å². The van der Waals surface area contributed by atoms with Crippen molar-refractivity contribution in [1.29, 1.82) is 0 Å². The molecule has 2 N–H and O–H groups in total. The Hall–Kier alpha value is -1.53. The number of nitrogens with one attached hydrogen (secondary N) is 1. The number of halogens is 1. The van der Waals surface area contributed by atoms with Crippen molar-refractivity contribution in [3.63, 3.8) is 0 Å². The highest BCUT2D eigenvalue weighted by Crippen LogP contribution is 2.02. The molecular weight excluding hydrogens is 215 g/mol. The number of methoxy groups -OCH3 is 1. The quantitative estimate of drug-likeness (QED) is 0.693. The van der Waals surface area contributed by atoms with Gasteiger partial charge in [0.15, 0.2) is 0 Å². The van der Waals surface area contributed by atoms with Gasteiger partial charge in [0.1, 0.15) is 0 Å². The Bertz CT molecular complexity index is 360. The summed E-state index contributed by atoms with van der Waals surface area (Å²) in [5.74, 6) is -1.44. The standard InChI is InChI=1S/C10H13FN2O3/c1-16-6-7(14)5-13-10(15)8-3-2-4-12-9(8)11/h2-4,7,14H,5-6H2,1H3,(H,13,15). The SMILES string of the molecule is COCC(O)CNC(=O)c1cccnc1F. The summed E-state index contributed by atoms with van der Waals surface area (Å²) in [7, 11) is 1.44. The second kappa shape index (κ2) is 6.14. The predicted octanol–water partition coefficient (Wildman–Crippen LogP) is -0.0422. The molecule has 88 valence electrons. The number of carbonyl (C=O) groups excluding carboxylic acids is 1. The maximum absolute atomic E-state index is 13.1. The van der Waals surface area contributed by atoms with E-state index >= 15 is 0 Å². The van der Waals surface area contributed by atoms with E-state index in [1.165, 1.54) is 25.4 Å². The van der Waals surface area contributed by atoms with Gasteiger partial charge in [0.05, 0.1) is 18.3 Å². The maximum Gasteiger partial charge on any atom is 0.256 e. The summed E-state index contributed by atoms with van der Waals surface area (Å²) in [4.78, 5) is 14.8. The maximum atomic E-state index is 13.1. The number of pyridine rings is 1. The first-order valence-electron chi connectivity index (χ1n) is 4.71. The molecule has 0 aromatic carbocycles. The van der Waals surface area contributed by atoms with Gasteiger partial charge >= 0.3 is 0 Å². The van der Waals surface area contributed by atoms with Crippen molar-refractivity contribution in [1.82, 2.24) is 10.3 Å². The Balaban J connectivity index is 2.50. The van der Waals surface area contributed by atoms with E-state index in [1.54, 1.807) is 0 Å². The van der Waals surface area contributed by atoms with Crippen molar-refractivity contribution in [3.05, 3.63) is 29.8 Å². The number of ether oxygens (including phenoxy) is 1. The molecule has 1 amide bonds. The summed E-state index contributed by atoms with van der Waals surface area (Å²) in [5.41, 5.74) is -0.146. The van der Waals surface area contributed by atoms with Gasteiger partial charge in [0.25, 0.3) is 5.91 Å². The number of hydrogen-bond acceptors (Lipinski definition) is 4. The average molecular weight is 228 g/mol. The molecule has 5 nitrogen and oxygen atoms in total. The van der Waals surface area contributed by atoms with Crippen molar-refractivity contribution < 1.29 is 19.0 Å². The number of aromatic nitrogens is 1. The Labute approximate surface area is 92.3 Å². The molecule has 6 heteroatoms. The van der Waals surface area contributed by atoms with Crippen LogP contribution in [0.15, 0.2) is 18.3 Å². The number of aliphatic hydroxyl groups excluding tert-OH is 1. The van der Waals surface area contributed by atoms with Gasteiger partial charge in [-0.1, -0.05) is 0 Å². The third-order valence-electron chi connectivity index (χ3n) is 1.86. The van der Waals surface area contributed by atoms with E-state index in [2.05, 4.69) is 15.0 Å². The van der Waals surface area contributed by atoms with Crippen LogP contribution >= 0.6 is 0 Å². The van der Waals surface area contributed by atoms with Crippen LogP contribution in [-0.4, -0.2) is 42.4 Å². The highest BCUT2D eigenvalue weighted by atomic mass is 19.1. The minimum absolute atomic E-state index is 0.001000. The van der Waals surface area contributed by atoms with Crippen molar-refractivity contribution in [3.8, 4) is 0 Å². The number of hydrogen-bond donors (Lipinski definition) is 2. The molecule has 1 atom stereocenters. The largest absolute Gasteiger partial charge is 0.389 e. The number of rotatable bonds is 5. The second-order valence-electron chi connectivity index (χ2n) is 3.16. The van der Waals surface area contributed by atoms with Crippen LogP contribution in [0.3, 0.4) is 0 Å². The van der Waals surface area contributed by atoms with Crippen molar-refractivity contribution in [2.75, 3.05) is 20.3 Å². The molecule has 0 aliphatic rings. The molecule has 1 unspecified atom stereocenters. The molecule has 0 saturated heterocycles. The molecule has 0 fully saturated rings. The van der Waals surface area contributed by atoms with E-state index in [9.17, 15) is 14.3 Å². The Morgan fingerprint density at radius 2 is 2.50 bits per heavy atom. The van der Waals surface area contributed by atoms with Crippen LogP contribution < -0.4 is 5.32 Å². The van der Waals surface area contributed by atoms with Gasteiger partial charge in [0.2, 0.25) is 5.95 Å². The first-order valence-corrected chi connectivity index (χ1v) is 4.71. The second-order valence-corrected chi connectivity index (χ2v) is 3.16. The van der Waals surface area contributed by atoms with Gasteiger partial charge in [-0.3, -0.25) is 4.79 Å². The lowest BCUT2D eigenvalue weighted by Crippen LogP contribution is -2.34. The van der Waals surface area contributed by atoms with Crippen LogP contribution in [0, 0.1) is 5.95 Å². The third-order valence-corrected chi connectivity index (χ3v) is 1.86. The molecule has 16 heavy (non-hydrogen) atoms. The van der Waals surface area contributed by atoms with E-state index in [-0.39, 0.29) is 18.7 Å². The van der Waals surface area contributed by atoms with Gasteiger partial charge in [-0.2, -0.15) is 4.39 Å². The minimum Gasteiger partial charge on any atom is -0.389 e. The lowest BCUT2D eigenvalue weighted by atomic mass is 10.2. The van der Waals surface area contributed by atoms with Crippen LogP contribution in [0.4, 0.5) is 4.39 Å². The summed E-state index contributed by atoms with van der Waals surface area (Å²) in [6, 6.07) is 2.78. The average Bonchev–Trinajstić information content (AvgIpc) is 2.27. The first-order chi connectivity index (χ1) is 7.65. The molecule has 0 radical (unpaired) electrons. The van der Waals surface area contributed by atoms with Crippen LogP contribution in [-0.2, 0) is 4.74 Å². The van der Waals surface area contributed by atoms with E-state index in [4.69, 9.17) is 0 Å². The molecule has 0 aliphatic carbocycles.